The molecule has 1 fully saturated rings. The van der Waals surface area contributed by atoms with Crippen molar-refractivity contribution in [2.45, 2.75) is 97.5 Å². The summed E-state index contributed by atoms with van der Waals surface area (Å²) in [5.41, 5.74) is -1.34. The Morgan fingerprint density at radius 3 is 2.12 bits per heavy atom. The fraction of sp³-hybridized carbons (Fsp3) is 0.900. The van der Waals surface area contributed by atoms with Crippen LogP contribution in [0.5, 0.6) is 0 Å². The van der Waals surface area contributed by atoms with E-state index in [4.69, 9.17) is 4.74 Å². The second-order valence-corrected chi connectivity index (χ2v) is 8.46. The van der Waals surface area contributed by atoms with Crippen LogP contribution in [-0.2, 0) is 9.53 Å². The van der Waals surface area contributed by atoms with E-state index in [1.54, 1.807) is 4.90 Å². The van der Waals surface area contributed by atoms with Crippen LogP contribution in [0.25, 0.3) is 0 Å². The zero-order chi connectivity index (χ0) is 18.9. The first-order valence-corrected chi connectivity index (χ1v) is 9.91. The highest BCUT2D eigenvalue weighted by Crippen LogP contribution is 2.37. The Morgan fingerprint density at radius 1 is 1.04 bits per heavy atom. The van der Waals surface area contributed by atoms with Gasteiger partial charge in [0.25, 0.3) is 0 Å². The van der Waals surface area contributed by atoms with Gasteiger partial charge in [-0.15, -0.1) is 0 Å². The maximum atomic E-state index is 12.2. The first kappa shape index (κ1) is 21.8. The van der Waals surface area contributed by atoms with E-state index >= 15 is 0 Å². The predicted molar refractivity (Wildman–Crippen MR) is 99.7 cm³/mol. The van der Waals surface area contributed by atoms with Gasteiger partial charge in [0.15, 0.2) is 0 Å². The Bertz CT molecular complexity index is 430. The van der Waals surface area contributed by atoms with Crippen LogP contribution in [0.2, 0.25) is 0 Å². The molecule has 0 radical (unpaired) electrons. The SMILES string of the molecule is CCCCCCCCCCC1(C(=O)O)CCN(C(=O)OC(C)(C)C)C1. The molecule has 1 unspecified atom stereocenters. The van der Waals surface area contributed by atoms with Crippen molar-refractivity contribution in [3.63, 3.8) is 0 Å². The molecule has 5 nitrogen and oxygen atoms in total. The third-order valence-electron chi connectivity index (χ3n) is 4.97. The first-order valence-electron chi connectivity index (χ1n) is 9.91. The summed E-state index contributed by atoms with van der Waals surface area (Å²) in [6, 6.07) is 0. The van der Waals surface area contributed by atoms with Gasteiger partial charge >= 0.3 is 12.1 Å². The average molecular weight is 356 g/mol. The summed E-state index contributed by atoms with van der Waals surface area (Å²) in [6.45, 7) is 8.43. The lowest BCUT2D eigenvalue weighted by Crippen LogP contribution is -2.39. The van der Waals surface area contributed by atoms with E-state index in [0.29, 0.717) is 19.4 Å². The number of amides is 1. The molecule has 0 spiro atoms. The zero-order valence-electron chi connectivity index (χ0n) is 16.6. The van der Waals surface area contributed by atoms with Crippen molar-refractivity contribution in [1.82, 2.24) is 4.90 Å². The summed E-state index contributed by atoms with van der Waals surface area (Å²) in [5.74, 6) is -0.776. The molecule has 1 amide bonds. The summed E-state index contributed by atoms with van der Waals surface area (Å²) >= 11 is 0. The number of carboxylic acids is 1. The molecule has 0 bridgehead atoms. The molecule has 1 aliphatic heterocycles. The number of nitrogens with zero attached hydrogens (tertiary/aromatic N) is 1. The monoisotopic (exact) mass is 355 g/mol. The Balaban J connectivity index is 2.38. The summed E-state index contributed by atoms with van der Waals surface area (Å²) < 4.78 is 5.38. The molecule has 0 aliphatic carbocycles. The molecule has 0 saturated carbocycles. The summed E-state index contributed by atoms with van der Waals surface area (Å²) in [5, 5.41) is 9.72. The Morgan fingerprint density at radius 2 is 1.60 bits per heavy atom. The third kappa shape index (κ3) is 7.66. The van der Waals surface area contributed by atoms with E-state index < -0.39 is 23.1 Å². The maximum absolute atomic E-state index is 12.2. The highest BCUT2D eigenvalue weighted by Gasteiger charge is 2.46. The predicted octanol–water partition coefficient (Wildman–Crippen LogP) is 5.23. The van der Waals surface area contributed by atoms with Crippen LogP contribution >= 0.6 is 0 Å². The number of aliphatic carboxylic acids is 1. The van der Waals surface area contributed by atoms with E-state index in [0.717, 1.165) is 12.8 Å². The van der Waals surface area contributed by atoms with E-state index in [1.165, 1.54) is 38.5 Å². The van der Waals surface area contributed by atoms with Crippen molar-refractivity contribution in [3.8, 4) is 0 Å². The van der Waals surface area contributed by atoms with Gasteiger partial charge in [0.1, 0.15) is 5.60 Å². The average Bonchev–Trinajstić information content (AvgIpc) is 2.94. The van der Waals surface area contributed by atoms with Crippen molar-refractivity contribution in [2.24, 2.45) is 5.41 Å². The fourth-order valence-electron chi connectivity index (χ4n) is 3.44. The number of carbonyl (C=O) groups excluding carboxylic acids is 1. The van der Waals surface area contributed by atoms with Crippen molar-refractivity contribution < 1.29 is 19.4 Å². The van der Waals surface area contributed by atoms with Gasteiger partial charge in [-0.3, -0.25) is 4.79 Å². The van der Waals surface area contributed by atoms with Gasteiger partial charge in [0.05, 0.1) is 5.41 Å². The Hall–Kier alpha value is -1.26. The van der Waals surface area contributed by atoms with Crippen molar-refractivity contribution in [3.05, 3.63) is 0 Å². The standard InChI is InChI=1S/C20H37NO4/c1-5-6-7-8-9-10-11-12-13-20(17(22)23)14-15-21(16-20)18(24)25-19(2,3)4/h5-16H2,1-4H3,(H,22,23). The number of rotatable bonds is 10. The lowest BCUT2D eigenvalue weighted by atomic mass is 9.81. The molecule has 1 saturated heterocycles. The summed E-state index contributed by atoms with van der Waals surface area (Å²) in [7, 11) is 0. The molecule has 1 aliphatic rings. The minimum atomic E-state index is -0.793. The zero-order valence-corrected chi connectivity index (χ0v) is 16.6. The molecule has 0 aromatic carbocycles. The maximum Gasteiger partial charge on any atom is 0.410 e. The van der Waals surface area contributed by atoms with Crippen LogP contribution in [0.1, 0.15) is 91.9 Å². The van der Waals surface area contributed by atoms with Crippen LogP contribution in [0.4, 0.5) is 4.79 Å². The van der Waals surface area contributed by atoms with Gasteiger partial charge in [0, 0.05) is 13.1 Å². The quantitative estimate of drug-likeness (QED) is 0.545. The van der Waals surface area contributed by atoms with Crippen molar-refractivity contribution >= 4 is 12.1 Å². The van der Waals surface area contributed by atoms with Crippen LogP contribution in [0, 0.1) is 5.41 Å². The smallest absolute Gasteiger partial charge is 0.410 e. The van der Waals surface area contributed by atoms with E-state index in [9.17, 15) is 14.7 Å². The minimum Gasteiger partial charge on any atom is -0.481 e. The molecular weight excluding hydrogens is 318 g/mol. The molecule has 1 heterocycles. The van der Waals surface area contributed by atoms with Crippen LogP contribution in [-0.4, -0.2) is 40.8 Å². The molecule has 0 aromatic rings. The van der Waals surface area contributed by atoms with Crippen LogP contribution in [0.15, 0.2) is 0 Å². The van der Waals surface area contributed by atoms with Crippen molar-refractivity contribution in [2.75, 3.05) is 13.1 Å². The van der Waals surface area contributed by atoms with Crippen molar-refractivity contribution in [1.29, 1.82) is 0 Å². The number of ether oxygens (including phenoxy) is 1. The number of hydrogen-bond donors (Lipinski definition) is 1. The second-order valence-electron chi connectivity index (χ2n) is 8.46. The largest absolute Gasteiger partial charge is 0.481 e. The molecule has 0 aromatic heterocycles. The van der Waals surface area contributed by atoms with Crippen LogP contribution in [0.3, 0.4) is 0 Å². The molecular formula is C20H37NO4. The number of hydrogen-bond acceptors (Lipinski definition) is 3. The lowest BCUT2D eigenvalue weighted by Gasteiger charge is -2.27. The topological polar surface area (TPSA) is 66.8 Å². The number of carboxylic acid groups (broad SMARTS) is 1. The normalized spacial score (nSPS) is 20.7. The summed E-state index contributed by atoms with van der Waals surface area (Å²) in [6.07, 6.45) is 10.3. The third-order valence-corrected chi connectivity index (χ3v) is 4.97. The molecule has 146 valence electrons. The van der Waals surface area contributed by atoms with Gasteiger partial charge in [-0.05, 0) is 33.6 Å². The minimum absolute atomic E-state index is 0.272. The van der Waals surface area contributed by atoms with Gasteiger partial charge in [-0.25, -0.2) is 4.79 Å². The van der Waals surface area contributed by atoms with Crippen LogP contribution < -0.4 is 0 Å². The molecule has 25 heavy (non-hydrogen) atoms. The molecule has 5 heteroatoms. The molecule has 1 atom stereocenters. The highest BCUT2D eigenvalue weighted by atomic mass is 16.6. The number of likely N-dealkylation sites (tertiary alicyclic amines) is 1. The first-order chi connectivity index (χ1) is 11.7. The second kappa shape index (κ2) is 10.0. The van der Waals surface area contributed by atoms with E-state index in [-0.39, 0.29) is 6.54 Å². The highest BCUT2D eigenvalue weighted by molar-refractivity contribution is 5.78. The van der Waals surface area contributed by atoms with E-state index in [2.05, 4.69) is 6.92 Å². The van der Waals surface area contributed by atoms with E-state index in [1.807, 2.05) is 20.8 Å². The fourth-order valence-corrected chi connectivity index (χ4v) is 3.44. The molecule has 1 rings (SSSR count). The Labute approximate surface area is 153 Å². The van der Waals surface area contributed by atoms with Gasteiger partial charge in [-0.1, -0.05) is 58.3 Å². The lowest BCUT2D eigenvalue weighted by molar-refractivity contribution is -0.148. The Kier molecular flexibility index (Phi) is 8.74. The van der Waals surface area contributed by atoms with Gasteiger partial charge in [-0.2, -0.15) is 0 Å². The molecule has 1 N–H and O–H groups in total. The number of carbonyl (C=O) groups is 2. The summed E-state index contributed by atoms with van der Waals surface area (Å²) in [4.78, 5) is 25.6. The van der Waals surface area contributed by atoms with Gasteiger partial charge in [0.2, 0.25) is 0 Å². The van der Waals surface area contributed by atoms with Gasteiger partial charge < -0.3 is 14.7 Å². The number of unbranched alkanes of at least 4 members (excludes halogenated alkanes) is 7.